The van der Waals surface area contributed by atoms with E-state index in [1.165, 1.54) is 12.0 Å². The van der Waals surface area contributed by atoms with Crippen molar-refractivity contribution in [2.24, 2.45) is 5.73 Å². The van der Waals surface area contributed by atoms with Crippen molar-refractivity contribution >= 4 is 5.91 Å². The molecule has 2 atom stereocenters. The van der Waals surface area contributed by atoms with E-state index >= 15 is 0 Å². The topological polar surface area (TPSA) is 46.3 Å². The largest absolute Gasteiger partial charge is 0.338 e. The molecule has 0 bridgehead atoms. The summed E-state index contributed by atoms with van der Waals surface area (Å²) in [6, 6.07) is 7.84. The van der Waals surface area contributed by atoms with E-state index in [0.29, 0.717) is 6.04 Å². The molecule has 1 aromatic carbocycles. The normalized spacial score (nSPS) is 20.8. The van der Waals surface area contributed by atoms with Crippen LogP contribution in [0.4, 0.5) is 0 Å². The number of piperidine rings is 1. The van der Waals surface area contributed by atoms with Gasteiger partial charge in [0, 0.05) is 12.6 Å². The highest BCUT2D eigenvalue weighted by Crippen LogP contribution is 2.24. The van der Waals surface area contributed by atoms with Gasteiger partial charge in [0.25, 0.3) is 0 Å². The molecule has 0 radical (unpaired) electrons. The van der Waals surface area contributed by atoms with Crippen LogP contribution in [-0.4, -0.2) is 23.4 Å². The van der Waals surface area contributed by atoms with Gasteiger partial charge in [-0.2, -0.15) is 0 Å². The third-order valence-electron chi connectivity index (χ3n) is 4.23. The van der Waals surface area contributed by atoms with Crippen molar-refractivity contribution in [1.29, 1.82) is 0 Å². The highest BCUT2D eigenvalue weighted by Gasteiger charge is 2.29. The van der Waals surface area contributed by atoms with Crippen LogP contribution in [0.3, 0.4) is 0 Å². The standard InChI is InChI=1S/C17H26N2O/c1-3-6-15-7-4-5-12-19(15)17(20)16(18)14-10-8-13(2)9-11-14/h8-11,15-16H,3-7,12,18H2,1-2H3. The molecule has 1 saturated heterocycles. The van der Waals surface area contributed by atoms with Crippen LogP contribution in [0.1, 0.15) is 56.2 Å². The van der Waals surface area contributed by atoms with Crippen LogP contribution in [0.2, 0.25) is 0 Å². The van der Waals surface area contributed by atoms with Crippen LogP contribution < -0.4 is 5.73 Å². The molecule has 0 aliphatic carbocycles. The number of nitrogens with two attached hydrogens (primary N) is 1. The van der Waals surface area contributed by atoms with E-state index in [-0.39, 0.29) is 5.91 Å². The number of hydrogen-bond donors (Lipinski definition) is 1. The number of benzene rings is 1. The molecule has 3 nitrogen and oxygen atoms in total. The number of nitrogens with zero attached hydrogens (tertiary/aromatic N) is 1. The third kappa shape index (κ3) is 3.40. The lowest BCUT2D eigenvalue weighted by molar-refractivity contribution is -0.136. The van der Waals surface area contributed by atoms with Gasteiger partial charge in [-0.1, -0.05) is 43.2 Å². The van der Waals surface area contributed by atoms with Gasteiger partial charge in [-0.25, -0.2) is 0 Å². The van der Waals surface area contributed by atoms with Crippen LogP contribution in [0, 0.1) is 6.92 Å². The highest BCUT2D eigenvalue weighted by atomic mass is 16.2. The summed E-state index contributed by atoms with van der Waals surface area (Å²) in [6.07, 6.45) is 5.67. The summed E-state index contributed by atoms with van der Waals surface area (Å²) >= 11 is 0. The molecule has 0 spiro atoms. The molecule has 0 saturated carbocycles. The molecule has 2 unspecified atom stereocenters. The number of carbonyl (C=O) groups is 1. The predicted octanol–water partition coefficient (Wildman–Crippen LogP) is 3.18. The lowest BCUT2D eigenvalue weighted by Gasteiger charge is -2.37. The second kappa shape index (κ2) is 6.89. The SMILES string of the molecule is CCCC1CCCCN1C(=O)C(N)c1ccc(C)cc1. The Kier molecular flexibility index (Phi) is 5.18. The fourth-order valence-corrected chi connectivity index (χ4v) is 3.02. The van der Waals surface area contributed by atoms with Gasteiger partial charge in [-0.05, 0) is 38.2 Å². The molecule has 2 N–H and O–H groups in total. The quantitative estimate of drug-likeness (QED) is 0.916. The van der Waals surface area contributed by atoms with Crippen molar-refractivity contribution in [2.45, 2.75) is 58.0 Å². The fourth-order valence-electron chi connectivity index (χ4n) is 3.02. The van der Waals surface area contributed by atoms with Gasteiger partial charge in [-0.3, -0.25) is 4.79 Å². The fraction of sp³-hybridized carbons (Fsp3) is 0.588. The second-order valence-corrected chi connectivity index (χ2v) is 5.86. The highest BCUT2D eigenvalue weighted by molar-refractivity contribution is 5.83. The number of rotatable bonds is 4. The second-order valence-electron chi connectivity index (χ2n) is 5.86. The Balaban J connectivity index is 2.09. The molecule has 1 fully saturated rings. The van der Waals surface area contributed by atoms with Gasteiger partial charge in [0.15, 0.2) is 0 Å². The summed E-state index contributed by atoms with van der Waals surface area (Å²) in [5, 5.41) is 0. The van der Waals surface area contributed by atoms with Crippen LogP contribution >= 0.6 is 0 Å². The summed E-state index contributed by atoms with van der Waals surface area (Å²) < 4.78 is 0. The Labute approximate surface area is 122 Å². The minimum Gasteiger partial charge on any atom is -0.338 e. The van der Waals surface area contributed by atoms with Crippen LogP contribution in [0.25, 0.3) is 0 Å². The van der Waals surface area contributed by atoms with Gasteiger partial charge < -0.3 is 10.6 Å². The van der Waals surface area contributed by atoms with E-state index in [0.717, 1.165) is 37.8 Å². The van der Waals surface area contributed by atoms with Gasteiger partial charge >= 0.3 is 0 Å². The summed E-state index contributed by atoms with van der Waals surface area (Å²) in [5.41, 5.74) is 8.29. The summed E-state index contributed by atoms with van der Waals surface area (Å²) in [4.78, 5) is 14.7. The number of likely N-dealkylation sites (tertiary alicyclic amines) is 1. The molecule has 1 amide bonds. The monoisotopic (exact) mass is 274 g/mol. The van der Waals surface area contributed by atoms with Crippen molar-refractivity contribution in [3.63, 3.8) is 0 Å². The van der Waals surface area contributed by atoms with Gasteiger partial charge in [0.2, 0.25) is 5.91 Å². The minimum absolute atomic E-state index is 0.0898. The average Bonchev–Trinajstić information content (AvgIpc) is 2.47. The van der Waals surface area contributed by atoms with E-state index in [1.807, 2.05) is 36.1 Å². The first-order chi connectivity index (χ1) is 9.63. The Morgan fingerprint density at radius 2 is 2.05 bits per heavy atom. The first kappa shape index (κ1) is 15.0. The average molecular weight is 274 g/mol. The lowest BCUT2D eigenvalue weighted by Crippen LogP contribution is -2.47. The van der Waals surface area contributed by atoms with E-state index < -0.39 is 6.04 Å². The number of aryl methyl sites for hydroxylation is 1. The first-order valence-corrected chi connectivity index (χ1v) is 7.76. The molecule has 2 rings (SSSR count). The third-order valence-corrected chi connectivity index (χ3v) is 4.23. The molecular weight excluding hydrogens is 248 g/mol. The van der Waals surface area contributed by atoms with Crippen molar-refractivity contribution in [3.8, 4) is 0 Å². The summed E-state index contributed by atoms with van der Waals surface area (Å²) in [7, 11) is 0. The zero-order valence-corrected chi connectivity index (χ0v) is 12.6. The number of hydrogen-bond acceptors (Lipinski definition) is 2. The predicted molar refractivity (Wildman–Crippen MR) is 82.4 cm³/mol. The van der Waals surface area contributed by atoms with E-state index in [2.05, 4.69) is 6.92 Å². The lowest BCUT2D eigenvalue weighted by atomic mass is 9.96. The zero-order valence-electron chi connectivity index (χ0n) is 12.6. The molecule has 0 aromatic heterocycles. The van der Waals surface area contributed by atoms with Crippen molar-refractivity contribution in [2.75, 3.05) is 6.54 Å². The maximum atomic E-state index is 12.7. The summed E-state index contributed by atoms with van der Waals surface area (Å²) in [6.45, 7) is 5.08. The molecule has 1 heterocycles. The van der Waals surface area contributed by atoms with Gasteiger partial charge in [0.05, 0.1) is 0 Å². The first-order valence-electron chi connectivity index (χ1n) is 7.76. The molecule has 110 valence electrons. The molecule has 1 aliphatic heterocycles. The smallest absolute Gasteiger partial charge is 0.244 e. The molecule has 20 heavy (non-hydrogen) atoms. The van der Waals surface area contributed by atoms with E-state index in [9.17, 15) is 4.79 Å². The van der Waals surface area contributed by atoms with Crippen LogP contribution in [0.15, 0.2) is 24.3 Å². The number of amides is 1. The van der Waals surface area contributed by atoms with E-state index in [1.54, 1.807) is 0 Å². The van der Waals surface area contributed by atoms with Crippen molar-refractivity contribution in [3.05, 3.63) is 35.4 Å². The summed E-state index contributed by atoms with van der Waals surface area (Å²) in [5.74, 6) is 0.0898. The molecule has 1 aliphatic rings. The van der Waals surface area contributed by atoms with Crippen LogP contribution in [0.5, 0.6) is 0 Å². The van der Waals surface area contributed by atoms with Gasteiger partial charge in [0.1, 0.15) is 6.04 Å². The van der Waals surface area contributed by atoms with Crippen molar-refractivity contribution in [1.82, 2.24) is 4.90 Å². The van der Waals surface area contributed by atoms with Crippen molar-refractivity contribution < 1.29 is 4.79 Å². The minimum atomic E-state index is -0.520. The Bertz CT molecular complexity index is 439. The molecule has 1 aromatic rings. The van der Waals surface area contributed by atoms with Gasteiger partial charge in [-0.15, -0.1) is 0 Å². The van der Waals surface area contributed by atoms with Crippen LogP contribution in [-0.2, 0) is 4.79 Å². The Morgan fingerprint density at radius 1 is 1.35 bits per heavy atom. The molecular formula is C17H26N2O. The maximum absolute atomic E-state index is 12.7. The maximum Gasteiger partial charge on any atom is 0.244 e. The Hall–Kier alpha value is -1.35. The number of carbonyl (C=O) groups excluding carboxylic acids is 1. The Morgan fingerprint density at radius 3 is 2.70 bits per heavy atom. The van der Waals surface area contributed by atoms with E-state index in [4.69, 9.17) is 5.73 Å². The zero-order chi connectivity index (χ0) is 14.5. The molecule has 3 heteroatoms.